The summed E-state index contributed by atoms with van der Waals surface area (Å²) in [6, 6.07) is 14.1. The lowest BCUT2D eigenvalue weighted by molar-refractivity contribution is 0.0951. The van der Waals surface area contributed by atoms with Crippen molar-refractivity contribution >= 4 is 27.5 Å². The summed E-state index contributed by atoms with van der Waals surface area (Å²) in [7, 11) is -3.43. The Kier molecular flexibility index (Phi) is 6.41. The first-order valence-electron chi connectivity index (χ1n) is 10.1. The lowest BCUT2D eigenvalue weighted by atomic mass is 10.2. The smallest absolute Gasteiger partial charge is 0.254 e. The summed E-state index contributed by atoms with van der Waals surface area (Å²) in [5.74, 6) is -0.251. The van der Waals surface area contributed by atoms with Gasteiger partial charge in [-0.25, -0.2) is 8.42 Å². The number of hydrogen-bond acceptors (Lipinski definition) is 4. The van der Waals surface area contributed by atoms with Gasteiger partial charge in [-0.1, -0.05) is 41.9 Å². The molecule has 0 aliphatic carbocycles. The molecule has 2 aromatic carbocycles. The molecular weight excluding hydrogens is 436 g/mol. The van der Waals surface area contributed by atoms with Gasteiger partial charge in [0.15, 0.2) is 0 Å². The van der Waals surface area contributed by atoms with Crippen molar-refractivity contribution in [3.63, 3.8) is 0 Å². The predicted molar refractivity (Wildman–Crippen MR) is 118 cm³/mol. The van der Waals surface area contributed by atoms with Crippen LogP contribution in [0, 0.1) is 0 Å². The summed E-state index contributed by atoms with van der Waals surface area (Å²) < 4.78 is 28.4. The van der Waals surface area contributed by atoms with Gasteiger partial charge in [0.05, 0.1) is 23.2 Å². The molecule has 31 heavy (non-hydrogen) atoms. The van der Waals surface area contributed by atoms with Crippen molar-refractivity contribution in [1.29, 1.82) is 0 Å². The zero-order valence-corrected chi connectivity index (χ0v) is 18.4. The molecule has 1 aliphatic heterocycles. The summed E-state index contributed by atoms with van der Waals surface area (Å²) in [5.41, 5.74) is 2.18. The van der Waals surface area contributed by atoms with Gasteiger partial charge < -0.3 is 5.32 Å². The predicted octanol–water partition coefficient (Wildman–Crippen LogP) is 3.30. The van der Waals surface area contributed by atoms with Gasteiger partial charge in [0.2, 0.25) is 10.0 Å². The van der Waals surface area contributed by atoms with Crippen LogP contribution >= 0.6 is 11.6 Å². The maximum absolute atomic E-state index is 12.6. The van der Waals surface area contributed by atoms with Crippen LogP contribution in [-0.4, -0.2) is 41.5 Å². The van der Waals surface area contributed by atoms with Gasteiger partial charge in [0.25, 0.3) is 5.91 Å². The fourth-order valence-electron chi connectivity index (χ4n) is 3.51. The Balaban J connectivity index is 1.35. The number of carbonyl (C=O) groups excluding carboxylic acids is 1. The lowest BCUT2D eigenvalue weighted by Crippen LogP contribution is -2.27. The van der Waals surface area contributed by atoms with Crippen LogP contribution in [0.4, 0.5) is 0 Å². The average molecular weight is 459 g/mol. The SMILES string of the molecule is O=C(NCc1ccc(S(=O)(=O)N2CCCC2)cc1)c1cnn(Cc2ccccc2Cl)c1. The molecule has 0 radical (unpaired) electrons. The Morgan fingerprint density at radius 3 is 2.48 bits per heavy atom. The molecule has 1 N–H and O–H groups in total. The first-order chi connectivity index (χ1) is 14.9. The third kappa shape index (κ3) is 4.98. The number of aromatic nitrogens is 2. The fraction of sp³-hybridized carbons (Fsp3) is 0.273. The van der Waals surface area contributed by atoms with Crippen LogP contribution in [0.3, 0.4) is 0 Å². The highest BCUT2D eigenvalue weighted by molar-refractivity contribution is 7.89. The van der Waals surface area contributed by atoms with Gasteiger partial charge in [-0.2, -0.15) is 9.40 Å². The topological polar surface area (TPSA) is 84.3 Å². The van der Waals surface area contributed by atoms with E-state index in [9.17, 15) is 13.2 Å². The molecule has 0 saturated carbocycles. The third-order valence-corrected chi connectivity index (χ3v) is 7.55. The number of rotatable bonds is 7. The Labute approximate surface area is 186 Å². The lowest BCUT2D eigenvalue weighted by Gasteiger charge is -2.15. The van der Waals surface area contributed by atoms with E-state index >= 15 is 0 Å². The second-order valence-corrected chi connectivity index (χ2v) is 9.80. The average Bonchev–Trinajstić information content (AvgIpc) is 3.47. The number of sulfonamides is 1. The second kappa shape index (κ2) is 9.21. The Morgan fingerprint density at radius 1 is 1.06 bits per heavy atom. The van der Waals surface area contributed by atoms with Crippen molar-refractivity contribution in [3.8, 4) is 0 Å². The van der Waals surface area contributed by atoms with Crippen LogP contribution in [0.2, 0.25) is 5.02 Å². The number of benzene rings is 2. The number of hydrogen-bond donors (Lipinski definition) is 1. The maximum Gasteiger partial charge on any atom is 0.254 e. The molecule has 1 fully saturated rings. The summed E-state index contributed by atoms with van der Waals surface area (Å²) in [5, 5.41) is 7.72. The minimum absolute atomic E-state index is 0.251. The van der Waals surface area contributed by atoms with Crippen molar-refractivity contribution in [2.24, 2.45) is 0 Å². The van der Waals surface area contributed by atoms with Crippen LogP contribution in [-0.2, 0) is 23.1 Å². The molecule has 9 heteroatoms. The molecule has 0 unspecified atom stereocenters. The first-order valence-corrected chi connectivity index (χ1v) is 11.9. The largest absolute Gasteiger partial charge is 0.348 e. The molecule has 0 atom stereocenters. The molecule has 1 amide bonds. The molecule has 1 aliphatic rings. The fourth-order valence-corrected chi connectivity index (χ4v) is 5.22. The van der Waals surface area contributed by atoms with E-state index < -0.39 is 10.0 Å². The molecule has 4 rings (SSSR count). The Bertz CT molecular complexity index is 1170. The summed E-state index contributed by atoms with van der Waals surface area (Å²) in [6.45, 7) is 1.91. The van der Waals surface area contributed by atoms with Crippen LogP contribution in [0.15, 0.2) is 65.8 Å². The molecule has 1 saturated heterocycles. The van der Waals surface area contributed by atoms with Crippen molar-refractivity contribution in [2.45, 2.75) is 30.8 Å². The van der Waals surface area contributed by atoms with Crippen molar-refractivity contribution < 1.29 is 13.2 Å². The Hall–Kier alpha value is -2.68. The van der Waals surface area contributed by atoms with Crippen molar-refractivity contribution in [2.75, 3.05) is 13.1 Å². The summed E-state index contributed by atoms with van der Waals surface area (Å²) in [6.07, 6.45) is 4.99. The zero-order valence-electron chi connectivity index (χ0n) is 16.9. The van der Waals surface area contributed by atoms with E-state index in [4.69, 9.17) is 11.6 Å². The van der Waals surface area contributed by atoms with E-state index in [1.165, 1.54) is 10.5 Å². The standard InChI is InChI=1S/C22H23ClN4O3S/c23-21-6-2-1-5-18(21)15-26-16-19(14-25-26)22(28)24-13-17-7-9-20(10-8-17)31(29,30)27-11-3-4-12-27/h1-2,5-10,14,16H,3-4,11-13,15H2,(H,24,28). The highest BCUT2D eigenvalue weighted by atomic mass is 35.5. The Morgan fingerprint density at radius 2 is 1.77 bits per heavy atom. The molecule has 3 aromatic rings. The highest BCUT2D eigenvalue weighted by Crippen LogP contribution is 2.21. The monoisotopic (exact) mass is 458 g/mol. The number of nitrogens with zero attached hydrogens (tertiary/aromatic N) is 3. The van der Waals surface area contributed by atoms with Gasteiger partial charge in [-0.15, -0.1) is 0 Å². The van der Waals surface area contributed by atoms with Crippen LogP contribution < -0.4 is 5.32 Å². The van der Waals surface area contributed by atoms with Gasteiger partial charge >= 0.3 is 0 Å². The zero-order chi connectivity index (χ0) is 21.8. The van der Waals surface area contributed by atoms with Gasteiger partial charge in [-0.05, 0) is 42.2 Å². The quantitative estimate of drug-likeness (QED) is 0.588. The minimum Gasteiger partial charge on any atom is -0.348 e. The van der Waals surface area contributed by atoms with Gasteiger partial charge in [0.1, 0.15) is 0 Å². The van der Waals surface area contributed by atoms with E-state index in [1.54, 1.807) is 35.1 Å². The van der Waals surface area contributed by atoms with E-state index in [2.05, 4.69) is 10.4 Å². The molecule has 7 nitrogen and oxygen atoms in total. The molecule has 1 aromatic heterocycles. The van der Waals surface area contributed by atoms with E-state index in [0.717, 1.165) is 24.0 Å². The normalized spacial score (nSPS) is 14.6. The number of nitrogens with one attached hydrogen (secondary N) is 1. The van der Waals surface area contributed by atoms with E-state index in [-0.39, 0.29) is 10.8 Å². The summed E-state index contributed by atoms with van der Waals surface area (Å²) >= 11 is 6.18. The number of carbonyl (C=O) groups is 1. The maximum atomic E-state index is 12.6. The summed E-state index contributed by atoms with van der Waals surface area (Å²) in [4.78, 5) is 12.7. The second-order valence-electron chi connectivity index (χ2n) is 7.46. The van der Waals surface area contributed by atoms with E-state index in [0.29, 0.717) is 36.8 Å². The molecular formula is C22H23ClN4O3S. The number of halogens is 1. The van der Waals surface area contributed by atoms with Gasteiger partial charge in [0, 0.05) is 30.9 Å². The molecule has 0 bridgehead atoms. The van der Waals surface area contributed by atoms with Crippen LogP contribution in [0.5, 0.6) is 0 Å². The third-order valence-electron chi connectivity index (χ3n) is 5.26. The van der Waals surface area contributed by atoms with Crippen LogP contribution in [0.1, 0.15) is 34.3 Å². The molecule has 162 valence electrons. The van der Waals surface area contributed by atoms with Gasteiger partial charge in [-0.3, -0.25) is 9.48 Å². The first kappa shape index (κ1) is 21.5. The number of amides is 1. The highest BCUT2D eigenvalue weighted by Gasteiger charge is 2.26. The van der Waals surface area contributed by atoms with Crippen molar-refractivity contribution in [3.05, 3.63) is 82.6 Å². The molecule has 0 spiro atoms. The van der Waals surface area contributed by atoms with Crippen LogP contribution in [0.25, 0.3) is 0 Å². The van der Waals surface area contributed by atoms with E-state index in [1.807, 2.05) is 24.3 Å². The minimum atomic E-state index is -3.43. The van der Waals surface area contributed by atoms with Crippen molar-refractivity contribution in [1.82, 2.24) is 19.4 Å². The molecule has 2 heterocycles.